The van der Waals surface area contributed by atoms with E-state index < -0.39 is 11.7 Å². The third-order valence-electron chi connectivity index (χ3n) is 2.74. The van der Waals surface area contributed by atoms with Crippen LogP contribution in [0.25, 0.3) is 0 Å². The second-order valence-electron chi connectivity index (χ2n) is 5.05. The number of alkyl halides is 3. The lowest BCUT2D eigenvalue weighted by molar-refractivity contribution is -0.137. The first-order chi connectivity index (χ1) is 9.75. The van der Waals surface area contributed by atoms with Gasteiger partial charge in [-0.3, -0.25) is 0 Å². The lowest BCUT2D eigenvalue weighted by atomic mass is 10.1. The maximum atomic E-state index is 13.1. The van der Waals surface area contributed by atoms with E-state index in [1.165, 1.54) is 17.2 Å². The summed E-state index contributed by atoms with van der Waals surface area (Å²) in [6, 6.07) is 2.25. The van der Waals surface area contributed by atoms with Crippen LogP contribution in [0.5, 0.6) is 0 Å². The summed E-state index contributed by atoms with van der Waals surface area (Å²) < 4.78 is 39.2. The van der Waals surface area contributed by atoms with Gasteiger partial charge in [0, 0.05) is 25.7 Å². The average molecular weight is 304 g/mol. The first-order valence-electron chi connectivity index (χ1n) is 6.49. The van der Waals surface area contributed by atoms with Crippen LogP contribution in [-0.4, -0.2) is 29.1 Å². The highest BCUT2D eigenvalue weighted by molar-refractivity contribution is 5.80. The summed E-state index contributed by atoms with van der Waals surface area (Å²) in [5.74, 6) is -0.0296. The maximum Gasteiger partial charge on any atom is 0.419 e. The van der Waals surface area contributed by atoms with Gasteiger partial charge in [-0.15, -0.1) is 0 Å². The molecule has 0 bridgehead atoms. The number of hydrogen-bond acceptors (Lipinski definition) is 4. The quantitative estimate of drug-likeness (QED) is 0.367. The van der Waals surface area contributed by atoms with E-state index in [0.717, 1.165) is 6.07 Å². The third kappa shape index (κ3) is 5.13. The number of amidine groups is 1. The molecule has 0 atom stereocenters. The van der Waals surface area contributed by atoms with Gasteiger partial charge in [-0.1, -0.05) is 19.0 Å². The molecule has 1 rings (SSSR count). The molecule has 0 aliphatic rings. The highest BCUT2D eigenvalue weighted by Crippen LogP contribution is 2.35. The molecule has 0 radical (unpaired) electrons. The molecule has 0 saturated heterocycles. The standard InChI is InChI=1S/C13H19F3N4O/c1-9(2)8-20(7-5-11(17)19-21)12-10(13(14,15)16)4-3-6-18-12/h3-4,6,9,21H,5,7-8H2,1-2H3,(H2,17,19). The van der Waals surface area contributed by atoms with Crippen molar-refractivity contribution in [1.82, 2.24) is 4.98 Å². The van der Waals surface area contributed by atoms with E-state index in [-0.39, 0.29) is 30.5 Å². The van der Waals surface area contributed by atoms with E-state index in [1.807, 2.05) is 13.8 Å². The Bertz CT molecular complexity index is 489. The van der Waals surface area contributed by atoms with Gasteiger partial charge in [-0.05, 0) is 18.1 Å². The van der Waals surface area contributed by atoms with Crippen molar-refractivity contribution in [3.8, 4) is 0 Å². The Morgan fingerprint density at radius 1 is 1.48 bits per heavy atom. The molecule has 8 heteroatoms. The molecule has 1 heterocycles. The lowest BCUT2D eigenvalue weighted by Gasteiger charge is -2.27. The van der Waals surface area contributed by atoms with Crippen LogP contribution in [0.2, 0.25) is 0 Å². The number of hydrogen-bond donors (Lipinski definition) is 2. The number of anilines is 1. The first kappa shape index (κ1) is 17.1. The van der Waals surface area contributed by atoms with Gasteiger partial charge in [0.2, 0.25) is 0 Å². The Morgan fingerprint density at radius 3 is 2.67 bits per heavy atom. The summed E-state index contributed by atoms with van der Waals surface area (Å²) >= 11 is 0. The second-order valence-corrected chi connectivity index (χ2v) is 5.05. The summed E-state index contributed by atoms with van der Waals surface area (Å²) in [5.41, 5.74) is 4.60. The van der Waals surface area contributed by atoms with Crippen molar-refractivity contribution in [1.29, 1.82) is 0 Å². The highest BCUT2D eigenvalue weighted by Gasteiger charge is 2.35. The molecule has 0 amide bonds. The fraction of sp³-hybridized carbons (Fsp3) is 0.538. The number of halogens is 3. The summed E-state index contributed by atoms with van der Waals surface area (Å²) in [5, 5.41) is 11.4. The zero-order valence-corrected chi connectivity index (χ0v) is 11.9. The molecule has 0 saturated carbocycles. The van der Waals surface area contributed by atoms with Gasteiger partial charge in [-0.2, -0.15) is 13.2 Å². The van der Waals surface area contributed by atoms with Gasteiger partial charge >= 0.3 is 6.18 Å². The maximum absolute atomic E-state index is 13.1. The Kier molecular flexibility index (Phi) is 5.80. The van der Waals surface area contributed by atoms with Crippen LogP contribution in [0.4, 0.5) is 19.0 Å². The summed E-state index contributed by atoms with van der Waals surface area (Å²) in [7, 11) is 0. The van der Waals surface area contributed by atoms with E-state index in [9.17, 15) is 13.2 Å². The van der Waals surface area contributed by atoms with Gasteiger partial charge < -0.3 is 15.8 Å². The molecule has 0 aromatic carbocycles. The molecule has 118 valence electrons. The molecular weight excluding hydrogens is 285 g/mol. The molecule has 3 N–H and O–H groups in total. The minimum Gasteiger partial charge on any atom is -0.409 e. The van der Waals surface area contributed by atoms with E-state index in [4.69, 9.17) is 10.9 Å². The molecule has 0 spiro atoms. The van der Waals surface area contributed by atoms with Gasteiger partial charge in [0.15, 0.2) is 0 Å². The second kappa shape index (κ2) is 7.14. The topological polar surface area (TPSA) is 74.7 Å². The number of nitrogens with two attached hydrogens (primary N) is 1. The van der Waals surface area contributed by atoms with Crippen molar-refractivity contribution in [2.45, 2.75) is 26.4 Å². The van der Waals surface area contributed by atoms with Gasteiger partial charge in [0.1, 0.15) is 11.7 Å². The van der Waals surface area contributed by atoms with E-state index >= 15 is 0 Å². The highest BCUT2D eigenvalue weighted by atomic mass is 19.4. The Balaban J connectivity index is 3.08. The lowest BCUT2D eigenvalue weighted by Crippen LogP contribution is -2.33. The number of nitrogens with zero attached hydrogens (tertiary/aromatic N) is 3. The minimum absolute atomic E-state index is 0.0340. The summed E-state index contributed by atoms with van der Waals surface area (Å²) in [4.78, 5) is 5.37. The third-order valence-corrected chi connectivity index (χ3v) is 2.74. The molecule has 0 aliphatic heterocycles. The Labute approximate surface area is 121 Å². The van der Waals surface area contributed by atoms with Crippen molar-refractivity contribution in [3.63, 3.8) is 0 Å². The van der Waals surface area contributed by atoms with Crippen LogP contribution in [0.3, 0.4) is 0 Å². The monoisotopic (exact) mass is 304 g/mol. The Hall–Kier alpha value is -1.99. The molecule has 0 aliphatic carbocycles. The number of pyridine rings is 1. The SMILES string of the molecule is CC(C)CN(CCC(N)=NO)c1ncccc1C(F)(F)F. The van der Waals surface area contributed by atoms with Crippen molar-refractivity contribution in [2.75, 3.05) is 18.0 Å². The van der Waals surface area contributed by atoms with Gasteiger partial charge in [0.05, 0.1) is 5.56 Å². The van der Waals surface area contributed by atoms with E-state index in [1.54, 1.807) is 0 Å². The van der Waals surface area contributed by atoms with Crippen LogP contribution >= 0.6 is 0 Å². The molecule has 1 aromatic rings. The average Bonchev–Trinajstić information content (AvgIpc) is 2.41. The minimum atomic E-state index is -4.48. The predicted octanol–water partition coefficient (Wildman–Crippen LogP) is 2.70. The summed E-state index contributed by atoms with van der Waals surface area (Å²) in [6.45, 7) is 4.37. The van der Waals surface area contributed by atoms with Crippen LogP contribution in [0.1, 0.15) is 25.8 Å². The van der Waals surface area contributed by atoms with Crippen LogP contribution in [0.15, 0.2) is 23.5 Å². The molecule has 1 aromatic heterocycles. The predicted molar refractivity (Wildman–Crippen MR) is 74.3 cm³/mol. The molecule has 0 unspecified atom stereocenters. The van der Waals surface area contributed by atoms with Gasteiger partial charge in [-0.25, -0.2) is 4.98 Å². The zero-order valence-electron chi connectivity index (χ0n) is 11.9. The molecular formula is C13H19F3N4O. The number of rotatable bonds is 6. The normalized spacial score (nSPS) is 12.8. The number of oxime groups is 1. The summed E-state index contributed by atoms with van der Waals surface area (Å²) in [6.07, 6.45) is -3.01. The van der Waals surface area contributed by atoms with Gasteiger partial charge in [0.25, 0.3) is 0 Å². The van der Waals surface area contributed by atoms with Crippen molar-refractivity contribution in [2.24, 2.45) is 16.8 Å². The fourth-order valence-electron chi connectivity index (χ4n) is 1.89. The first-order valence-corrected chi connectivity index (χ1v) is 6.49. The van der Waals surface area contributed by atoms with Crippen LogP contribution in [0, 0.1) is 5.92 Å². The van der Waals surface area contributed by atoms with Crippen molar-refractivity contribution < 1.29 is 18.4 Å². The van der Waals surface area contributed by atoms with Crippen LogP contribution in [-0.2, 0) is 6.18 Å². The Morgan fingerprint density at radius 2 is 2.14 bits per heavy atom. The fourth-order valence-corrected chi connectivity index (χ4v) is 1.89. The molecule has 5 nitrogen and oxygen atoms in total. The largest absolute Gasteiger partial charge is 0.419 e. The van der Waals surface area contributed by atoms with E-state index in [2.05, 4.69) is 10.1 Å². The molecule has 21 heavy (non-hydrogen) atoms. The zero-order chi connectivity index (χ0) is 16.0. The van der Waals surface area contributed by atoms with Crippen LogP contribution < -0.4 is 10.6 Å². The number of aromatic nitrogens is 1. The van der Waals surface area contributed by atoms with Crippen molar-refractivity contribution in [3.05, 3.63) is 23.9 Å². The van der Waals surface area contributed by atoms with Crippen molar-refractivity contribution >= 4 is 11.7 Å². The molecule has 0 fully saturated rings. The van der Waals surface area contributed by atoms with E-state index in [0.29, 0.717) is 6.54 Å². The smallest absolute Gasteiger partial charge is 0.409 e.